The number of nitrogens with zero attached hydrogens (tertiary/aromatic N) is 3. The van der Waals surface area contributed by atoms with Gasteiger partial charge in [0.2, 0.25) is 0 Å². The summed E-state index contributed by atoms with van der Waals surface area (Å²) >= 11 is 1.93. The van der Waals surface area contributed by atoms with Gasteiger partial charge in [-0.2, -0.15) is 16.9 Å². The van der Waals surface area contributed by atoms with Crippen LogP contribution in [0.15, 0.2) is 6.20 Å². The molecule has 0 unspecified atom stereocenters. The zero-order chi connectivity index (χ0) is 17.2. The summed E-state index contributed by atoms with van der Waals surface area (Å²) in [6.07, 6.45) is 3.12. The highest BCUT2D eigenvalue weighted by molar-refractivity contribution is 7.99. The van der Waals surface area contributed by atoms with Crippen molar-refractivity contribution < 1.29 is 4.79 Å². The number of hydrogen-bond acceptors (Lipinski definition) is 3. The fourth-order valence-electron chi connectivity index (χ4n) is 2.78. The first-order chi connectivity index (χ1) is 10.7. The van der Waals surface area contributed by atoms with Gasteiger partial charge < -0.3 is 10.2 Å². The molecule has 2 atom stereocenters. The number of carbonyl (C=O) groups excluding carboxylic acids is 1. The van der Waals surface area contributed by atoms with Gasteiger partial charge in [0.15, 0.2) is 0 Å². The van der Waals surface area contributed by atoms with Crippen molar-refractivity contribution >= 4 is 17.8 Å². The fraction of sp³-hybridized carbons (Fsp3) is 0.765. The Hall–Kier alpha value is -1.17. The minimum atomic E-state index is -0.0523. The maximum absolute atomic E-state index is 12.6. The Morgan fingerprint density at radius 1 is 1.43 bits per heavy atom. The molecule has 0 bridgehead atoms. The molecule has 2 amide bonds. The number of urea groups is 1. The van der Waals surface area contributed by atoms with Crippen LogP contribution in [0.2, 0.25) is 0 Å². The van der Waals surface area contributed by atoms with Crippen molar-refractivity contribution in [1.82, 2.24) is 20.0 Å². The second kappa shape index (κ2) is 7.16. The quantitative estimate of drug-likeness (QED) is 0.897. The SMILES string of the molecule is Cc1nn(C(C)(C)C)cc1[C@@H](C)NC(=O)N1CCSCC[C@H]1C. The van der Waals surface area contributed by atoms with E-state index >= 15 is 0 Å². The minimum Gasteiger partial charge on any atom is -0.331 e. The molecule has 2 heterocycles. The molecule has 1 N–H and O–H groups in total. The molecule has 2 rings (SSSR count). The normalized spacial score (nSPS) is 21.0. The second-order valence-corrected chi connectivity index (χ2v) is 8.62. The number of rotatable bonds is 2. The molecule has 5 nitrogen and oxygen atoms in total. The highest BCUT2D eigenvalue weighted by Crippen LogP contribution is 2.22. The molecule has 0 radical (unpaired) electrons. The van der Waals surface area contributed by atoms with Crippen LogP contribution in [-0.2, 0) is 5.54 Å². The number of thioether (sulfide) groups is 1. The smallest absolute Gasteiger partial charge is 0.318 e. The van der Waals surface area contributed by atoms with Crippen LogP contribution in [0.3, 0.4) is 0 Å². The highest BCUT2D eigenvalue weighted by atomic mass is 32.2. The Bertz CT molecular complexity index is 549. The topological polar surface area (TPSA) is 50.2 Å². The van der Waals surface area contributed by atoms with Crippen LogP contribution in [0.5, 0.6) is 0 Å². The highest BCUT2D eigenvalue weighted by Gasteiger charge is 2.25. The van der Waals surface area contributed by atoms with E-state index in [-0.39, 0.29) is 17.6 Å². The first-order valence-electron chi connectivity index (χ1n) is 8.41. The lowest BCUT2D eigenvalue weighted by atomic mass is 10.1. The number of aromatic nitrogens is 2. The van der Waals surface area contributed by atoms with Crippen LogP contribution >= 0.6 is 11.8 Å². The standard InChI is InChI=1S/C17H30N4OS/c1-12-7-9-23-10-8-20(12)16(22)18-13(2)15-11-21(17(4,5)6)19-14(15)3/h11-13H,7-10H2,1-6H3,(H,18,22)/t12-,13-/m1/s1. The molecule has 23 heavy (non-hydrogen) atoms. The number of aryl methyl sites for hydroxylation is 1. The summed E-state index contributed by atoms with van der Waals surface area (Å²) in [4.78, 5) is 14.6. The third kappa shape index (κ3) is 4.43. The summed E-state index contributed by atoms with van der Waals surface area (Å²) < 4.78 is 1.98. The number of carbonyl (C=O) groups is 1. The van der Waals surface area contributed by atoms with E-state index < -0.39 is 0 Å². The molecular weight excluding hydrogens is 308 g/mol. The molecule has 6 heteroatoms. The van der Waals surface area contributed by atoms with Crippen LogP contribution in [-0.4, -0.2) is 44.8 Å². The lowest BCUT2D eigenvalue weighted by molar-refractivity contribution is 0.180. The summed E-state index contributed by atoms with van der Waals surface area (Å²) in [5.41, 5.74) is 2.01. The van der Waals surface area contributed by atoms with E-state index in [0.717, 1.165) is 35.7 Å². The largest absolute Gasteiger partial charge is 0.331 e. The summed E-state index contributed by atoms with van der Waals surface area (Å²) in [6.45, 7) is 13.4. The van der Waals surface area contributed by atoms with Gasteiger partial charge in [0, 0.05) is 30.1 Å². The summed E-state index contributed by atoms with van der Waals surface area (Å²) in [7, 11) is 0. The summed E-state index contributed by atoms with van der Waals surface area (Å²) in [5, 5.41) is 7.76. The van der Waals surface area contributed by atoms with E-state index in [1.807, 2.05) is 35.2 Å². The van der Waals surface area contributed by atoms with Crippen LogP contribution < -0.4 is 5.32 Å². The maximum atomic E-state index is 12.6. The Kier molecular flexibility index (Phi) is 5.65. The Morgan fingerprint density at radius 2 is 2.13 bits per heavy atom. The van der Waals surface area contributed by atoms with Crippen molar-refractivity contribution in [3.63, 3.8) is 0 Å². The number of nitrogens with one attached hydrogen (secondary N) is 1. The summed E-state index contributed by atoms with van der Waals surface area (Å²) in [5.74, 6) is 2.16. The van der Waals surface area contributed by atoms with Crippen molar-refractivity contribution in [1.29, 1.82) is 0 Å². The van der Waals surface area contributed by atoms with Gasteiger partial charge in [-0.05, 0) is 53.7 Å². The lowest BCUT2D eigenvalue weighted by Gasteiger charge is -2.28. The molecule has 0 aromatic carbocycles. The first kappa shape index (κ1) is 18.2. The fourth-order valence-corrected chi connectivity index (χ4v) is 3.82. The minimum absolute atomic E-state index is 0.0374. The zero-order valence-corrected chi connectivity index (χ0v) is 16.0. The maximum Gasteiger partial charge on any atom is 0.318 e. The van der Waals surface area contributed by atoms with Crippen LogP contribution in [0, 0.1) is 6.92 Å². The zero-order valence-electron chi connectivity index (χ0n) is 15.2. The molecule has 0 aliphatic carbocycles. The molecule has 1 aliphatic rings. The van der Waals surface area contributed by atoms with Crippen LogP contribution in [0.4, 0.5) is 4.79 Å². The van der Waals surface area contributed by atoms with Crippen molar-refractivity contribution in [2.45, 2.75) is 65.6 Å². The van der Waals surface area contributed by atoms with Crippen LogP contribution in [0.25, 0.3) is 0 Å². The molecule has 1 aromatic heterocycles. The summed E-state index contributed by atoms with van der Waals surface area (Å²) in [6, 6.07) is 0.299. The van der Waals surface area contributed by atoms with Gasteiger partial charge in [0.1, 0.15) is 0 Å². The predicted octanol–water partition coefficient (Wildman–Crippen LogP) is 3.54. The van der Waals surface area contributed by atoms with E-state index in [2.05, 4.69) is 44.3 Å². The van der Waals surface area contributed by atoms with Crippen LogP contribution in [0.1, 0.15) is 58.3 Å². The van der Waals surface area contributed by atoms with Crippen molar-refractivity contribution in [2.75, 3.05) is 18.1 Å². The van der Waals surface area contributed by atoms with E-state index in [1.165, 1.54) is 0 Å². The molecule has 1 fully saturated rings. The molecule has 1 aliphatic heterocycles. The van der Waals surface area contributed by atoms with E-state index in [4.69, 9.17) is 0 Å². The molecule has 0 saturated carbocycles. The van der Waals surface area contributed by atoms with Gasteiger partial charge in [0.05, 0.1) is 17.3 Å². The third-order valence-corrected chi connectivity index (χ3v) is 5.38. The van der Waals surface area contributed by atoms with Gasteiger partial charge in [-0.3, -0.25) is 4.68 Å². The monoisotopic (exact) mass is 338 g/mol. The van der Waals surface area contributed by atoms with Crippen molar-refractivity contribution in [3.05, 3.63) is 17.5 Å². The molecule has 1 saturated heterocycles. The second-order valence-electron chi connectivity index (χ2n) is 7.40. The Morgan fingerprint density at radius 3 is 2.74 bits per heavy atom. The Balaban J connectivity index is 2.07. The van der Waals surface area contributed by atoms with Crippen molar-refractivity contribution in [3.8, 4) is 0 Å². The first-order valence-corrected chi connectivity index (χ1v) is 9.57. The molecule has 0 spiro atoms. The number of amides is 2. The molecule has 1 aromatic rings. The third-order valence-electron chi connectivity index (χ3n) is 4.38. The van der Waals surface area contributed by atoms with E-state index in [0.29, 0.717) is 6.04 Å². The van der Waals surface area contributed by atoms with E-state index in [9.17, 15) is 4.79 Å². The molecular formula is C17H30N4OS. The lowest BCUT2D eigenvalue weighted by Crippen LogP contribution is -2.46. The van der Waals surface area contributed by atoms with Gasteiger partial charge in [-0.15, -0.1) is 0 Å². The Labute approximate surface area is 144 Å². The number of hydrogen-bond donors (Lipinski definition) is 1. The predicted molar refractivity (Wildman–Crippen MR) is 97.0 cm³/mol. The van der Waals surface area contributed by atoms with Gasteiger partial charge >= 0.3 is 6.03 Å². The average Bonchev–Trinajstić information content (AvgIpc) is 2.71. The van der Waals surface area contributed by atoms with Gasteiger partial charge in [0.25, 0.3) is 0 Å². The van der Waals surface area contributed by atoms with Gasteiger partial charge in [-0.25, -0.2) is 4.79 Å². The van der Waals surface area contributed by atoms with Gasteiger partial charge in [-0.1, -0.05) is 0 Å². The molecule has 130 valence electrons. The average molecular weight is 339 g/mol. The van der Waals surface area contributed by atoms with Crippen molar-refractivity contribution in [2.24, 2.45) is 0 Å². The van der Waals surface area contributed by atoms with E-state index in [1.54, 1.807) is 0 Å².